The first kappa shape index (κ1) is 18.8. The van der Waals surface area contributed by atoms with Crippen molar-refractivity contribution in [1.29, 1.82) is 0 Å². The molecule has 2 fully saturated rings. The summed E-state index contributed by atoms with van der Waals surface area (Å²) in [6.07, 6.45) is 7.01. The lowest BCUT2D eigenvalue weighted by atomic mass is 9.71. The molecule has 29 heavy (non-hydrogen) atoms. The second kappa shape index (κ2) is 7.90. The summed E-state index contributed by atoms with van der Waals surface area (Å²) in [7, 11) is 0. The Morgan fingerprint density at radius 2 is 1.90 bits per heavy atom. The van der Waals surface area contributed by atoms with Gasteiger partial charge in [-0.15, -0.1) is 0 Å². The summed E-state index contributed by atoms with van der Waals surface area (Å²) in [6.45, 7) is 2.29. The number of hydrogen-bond donors (Lipinski definition) is 0. The summed E-state index contributed by atoms with van der Waals surface area (Å²) in [6, 6.07) is 11.4. The number of Topliss-reactive ketones (excluding diaryl/α,β-unsaturated/α-hetero) is 1. The molecule has 1 aromatic heterocycles. The van der Waals surface area contributed by atoms with E-state index in [2.05, 4.69) is 9.88 Å². The van der Waals surface area contributed by atoms with Crippen molar-refractivity contribution < 1.29 is 14.3 Å². The Balaban J connectivity index is 1.34. The first-order valence-electron chi connectivity index (χ1n) is 10.1. The molecule has 0 radical (unpaired) electrons. The molecule has 150 valence electrons. The van der Waals surface area contributed by atoms with Crippen LogP contribution in [0.15, 0.2) is 55.1 Å². The molecule has 5 nitrogen and oxygen atoms in total. The van der Waals surface area contributed by atoms with Crippen LogP contribution in [0.25, 0.3) is 5.57 Å². The maximum absolute atomic E-state index is 13.2. The van der Waals surface area contributed by atoms with E-state index in [-0.39, 0.29) is 29.8 Å². The van der Waals surface area contributed by atoms with E-state index in [0.29, 0.717) is 17.3 Å². The van der Waals surface area contributed by atoms with Gasteiger partial charge in [0.1, 0.15) is 6.10 Å². The summed E-state index contributed by atoms with van der Waals surface area (Å²) in [5.41, 5.74) is 2.71. The van der Waals surface area contributed by atoms with Gasteiger partial charge in [0.15, 0.2) is 5.78 Å². The zero-order valence-electron chi connectivity index (χ0n) is 16.0. The number of benzene rings is 1. The molecule has 1 aromatic carbocycles. The number of allylic oxidation sites excluding steroid dienone is 1. The number of halogens is 1. The average molecular weight is 411 g/mol. The average Bonchev–Trinajstić information content (AvgIpc) is 2.75. The van der Waals surface area contributed by atoms with E-state index in [9.17, 15) is 4.79 Å². The highest BCUT2D eigenvalue weighted by Gasteiger charge is 2.49. The molecule has 3 heterocycles. The van der Waals surface area contributed by atoms with E-state index in [1.54, 1.807) is 18.4 Å². The van der Waals surface area contributed by atoms with Crippen LogP contribution in [-0.4, -0.2) is 41.2 Å². The third kappa shape index (κ3) is 3.70. The first-order chi connectivity index (χ1) is 14.2. The Morgan fingerprint density at radius 3 is 2.69 bits per heavy atom. The van der Waals surface area contributed by atoms with Crippen LogP contribution in [0.4, 0.5) is 0 Å². The molecule has 2 aromatic rings. The number of carbonyl (C=O) groups excluding carboxylic acids is 1. The zero-order valence-corrected chi connectivity index (χ0v) is 16.8. The number of carbonyl (C=O) groups is 1. The lowest BCUT2D eigenvalue weighted by Gasteiger charge is -2.48. The van der Waals surface area contributed by atoms with Crippen LogP contribution in [0, 0.1) is 11.8 Å². The fourth-order valence-electron chi connectivity index (χ4n) is 4.79. The van der Waals surface area contributed by atoms with Gasteiger partial charge >= 0.3 is 0 Å². The van der Waals surface area contributed by atoms with Gasteiger partial charge in [0.25, 0.3) is 0 Å². The van der Waals surface area contributed by atoms with Gasteiger partial charge in [-0.05, 0) is 48.2 Å². The second-order valence-electron chi connectivity index (χ2n) is 8.05. The van der Waals surface area contributed by atoms with Gasteiger partial charge in [-0.25, -0.2) is 0 Å². The molecule has 6 heteroatoms. The number of ether oxygens (including phenoxy) is 2. The molecule has 0 bridgehead atoms. The molecule has 1 aliphatic carbocycles. The Hall–Kier alpha value is -2.21. The topological polar surface area (TPSA) is 51.7 Å². The number of ketones is 1. The molecule has 4 atom stereocenters. The molecular weight excluding hydrogens is 388 g/mol. The molecule has 1 saturated carbocycles. The third-order valence-electron chi connectivity index (χ3n) is 6.25. The van der Waals surface area contributed by atoms with Crippen molar-refractivity contribution in [3.05, 3.63) is 71.2 Å². The molecule has 3 aliphatic rings. The smallest absolute Gasteiger partial charge is 0.173 e. The van der Waals surface area contributed by atoms with Gasteiger partial charge < -0.3 is 9.47 Å². The Morgan fingerprint density at radius 1 is 1.10 bits per heavy atom. The number of hydrogen-bond acceptors (Lipinski definition) is 5. The quantitative estimate of drug-likeness (QED) is 0.767. The normalized spacial score (nSPS) is 29.4. The summed E-state index contributed by atoms with van der Waals surface area (Å²) in [5.74, 6) is 0.251. The van der Waals surface area contributed by atoms with E-state index < -0.39 is 0 Å². The Bertz CT molecular complexity index is 915. The predicted molar refractivity (Wildman–Crippen MR) is 110 cm³/mol. The number of aromatic nitrogens is 1. The van der Waals surface area contributed by atoms with Crippen molar-refractivity contribution >= 4 is 23.0 Å². The minimum absolute atomic E-state index is 0.114. The lowest BCUT2D eigenvalue weighted by molar-refractivity contribution is -0.171. The summed E-state index contributed by atoms with van der Waals surface area (Å²) >= 11 is 5.99. The lowest BCUT2D eigenvalue weighted by Crippen LogP contribution is -2.56. The Kier molecular flexibility index (Phi) is 5.12. The minimum atomic E-state index is -0.127. The van der Waals surface area contributed by atoms with Crippen LogP contribution in [-0.2, 0) is 20.8 Å². The van der Waals surface area contributed by atoms with E-state index in [0.717, 1.165) is 31.5 Å². The number of pyridine rings is 1. The van der Waals surface area contributed by atoms with Crippen LogP contribution in [0.2, 0.25) is 5.02 Å². The summed E-state index contributed by atoms with van der Waals surface area (Å²) in [4.78, 5) is 19.6. The van der Waals surface area contributed by atoms with E-state index in [1.807, 2.05) is 36.7 Å². The molecule has 0 spiro atoms. The molecule has 0 N–H and O–H groups in total. The van der Waals surface area contributed by atoms with Crippen molar-refractivity contribution in [2.24, 2.45) is 11.8 Å². The third-order valence-corrected chi connectivity index (χ3v) is 6.51. The standard InChI is InChI=1S/C23H23ClN2O3/c24-17-3-1-16(2-4-17)20-13-28-23-18(22(20)27)5-6-21-19(23)12-26(14-29-21)11-15-7-9-25-10-8-15/h1-4,7-10,13,18-19,21,23H,5-6,11-12,14H2. The molecule has 2 aliphatic heterocycles. The van der Waals surface area contributed by atoms with Gasteiger partial charge in [-0.1, -0.05) is 23.7 Å². The maximum atomic E-state index is 13.2. The van der Waals surface area contributed by atoms with Gasteiger partial charge in [0.2, 0.25) is 0 Å². The van der Waals surface area contributed by atoms with Gasteiger partial charge in [-0.2, -0.15) is 0 Å². The summed E-state index contributed by atoms with van der Waals surface area (Å²) in [5, 5.41) is 0.658. The molecule has 4 unspecified atom stereocenters. The molecule has 1 saturated heterocycles. The van der Waals surface area contributed by atoms with Crippen LogP contribution < -0.4 is 0 Å². The predicted octanol–water partition coefficient (Wildman–Crippen LogP) is 3.93. The van der Waals surface area contributed by atoms with Crippen LogP contribution in [0.1, 0.15) is 24.0 Å². The monoisotopic (exact) mass is 410 g/mol. The van der Waals surface area contributed by atoms with Crippen molar-refractivity contribution in [2.75, 3.05) is 13.3 Å². The SMILES string of the molecule is O=C1C(c2ccc(Cl)cc2)=COC2C1CCC1OCN(Cc3ccncc3)CC12. The fraction of sp³-hybridized carbons (Fsp3) is 0.391. The van der Waals surface area contributed by atoms with Crippen LogP contribution in [0.5, 0.6) is 0 Å². The van der Waals surface area contributed by atoms with Crippen molar-refractivity contribution in [3.63, 3.8) is 0 Å². The highest BCUT2D eigenvalue weighted by Crippen LogP contribution is 2.42. The van der Waals surface area contributed by atoms with Crippen molar-refractivity contribution in [1.82, 2.24) is 9.88 Å². The van der Waals surface area contributed by atoms with Crippen LogP contribution >= 0.6 is 11.6 Å². The van der Waals surface area contributed by atoms with Gasteiger partial charge in [0, 0.05) is 36.4 Å². The van der Waals surface area contributed by atoms with Crippen LogP contribution in [0.3, 0.4) is 0 Å². The second-order valence-corrected chi connectivity index (χ2v) is 8.49. The zero-order chi connectivity index (χ0) is 19.8. The van der Waals surface area contributed by atoms with Gasteiger partial charge in [-0.3, -0.25) is 14.7 Å². The largest absolute Gasteiger partial charge is 0.496 e. The van der Waals surface area contributed by atoms with Gasteiger partial charge in [0.05, 0.1) is 30.6 Å². The highest BCUT2D eigenvalue weighted by atomic mass is 35.5. The molecular formula is C23H23ClN2O3. The molecule has 0 amide bonds. The maximum Gasteiger partial charge on any atom is 0.173 e. The molecule has 5 rings (SSSR count). The van der Waals surface area contributed by atoms with Crippen molar-refractivity contribution in [2.45, 2.75) is 31.6 Å². The fourth-order valence-corrected chi connectivity index (χ4v) is 4.92. The first-order valence-corrected chi connectivity index (χ1v) is 10.5. The van der Waals surface area contributed by atoms with E-state index >= 15 is 0 Å². The Labute approximate surface area is 175 Å². The van der Waals surface area contributed by atoms with E-state index in [4.69, 9.17) is 21.1 Å². The minimum Gasteiger partial charge on any atom is -0.496 e. The van der Waals surface area contributed by atoms with E-state index in [1.165, 1.54) is 5.56 Å². The summed E-state index contributed by atoms with van der Waals surface area (Å²) < 4.78 is 12.3. The number of fused-ring (bicyclic) bond motifs is 3. The van der Waals surface area contributed by atoms with Crippen molar-refractivity contribution in [3.8, 4) is 0 Å². The number of rotatable bonds is 3. The highest BCUT2D eigenvalue weighted by molar-refractivity contribution is 6.30. The number of nitrogens with zero attached hydrogens (tertiary/aromatic N) is 2.